The highest BCUT2D eigenvalue weighted by Crippen LogP contribution is 2.02. The molecule has 0 fully saturated rings. The fourth-order valence-electron chi connectivity index (χ4n) is 0.967. The summed E-state index contributed by atoms with van der Waals surface area (Å²) in [6, 6.07) is 0. The molecule has 0 atom stereocenters. The fourth-order valence-corrected chi connectivity index (χ4v) is 0.967. The van der Waals surface area contributed by atoms with Gasteiger partial charge in [0.2, 0.25) is 0 Å². The average molecular weight is 164 g/mol. The lowest BCUT2D eigenvalue weighted by Crippen LogP contribution is -2.00. The predicted molar refractivity (Wildman–Crippen MR) is 40.3 cm³/mol. The fraction of sp³-hybridized carbons (Fsp3) is 0.286. The maximum Gasteiger partial charge on any atom is 0.180 e. The highest BCUT2D eigenvalue weighted by Gasteiger charge is 2.03. The summed E-state index contributed by atoms with van der Waals surface area (Å²) >= 11 is 0. The number of hydrogen-bond donors (Lipinski definition) is 0. The van der Waals surface area contributed by atoms with Crippen molar-refractivity contribution in [3.63, 3.8) is 0 Å². The molecule has 0 unspecified atom stereocenters. The van der Waals surface area contributed by atoms with E-state index in [0.717, 1.165) is 11.5 Å². The van der Waals surface area contributed by atoms with Gasteiger partial charge in [0.25, 0.3) is 0 Å². The topological polar surface area (TPSA) is 56.7 Å². The van der Waals surface area contributed by atoms with E-state index in [0.29, 0.717) is 6.42 Å². The zero-order valence-corrected chi connectivity index (χ0v) is 6.64. The molecule has 0 aliphatic rings. The van der Waals surface area contributed by atoms with E-state index >= 15 is 0 Å². The molecule has 5 nitrogen and oxygen atoms in total. The van der Waals surface area contributed by atoms with Crippen molar-refractivity contribution in [3.8, 4) is 0 Å². The average Bonchev–Trinajstić information content (AvgIpc) is 2.65. The minimum atomic E-state index is 0.660. The zero-order valence-electron chi connectivity index (χ0n) is 6.64. The number of nitrogens with zero attached hydrogens (tertiary/aromatic N) is 4. The van der Waals surface area contributed by atoms with Gasteiger partial charge in [0, 0.05) is 7.05 Å². The van der Waals surface area contributed by atoms with Gasteiger partial charge in [-0.1, -0.05) is 0 Å². The Morgan fingerprint density at radius 2 is 2.42 bits per heavy atom. The third-order valence-corrected chi connectivity index (χ3v) is 1.63. The molecule has 0 bridgehead atoms. The van der Waals surface area contributed by atoms with Crippen LogP contribution in [-0.2, 0) is 13.5 Å². The van der Waals surface area contributed by atoms with Crippen LogP contribution in [0, 0.1) is 0 Å². The molecule has 0 amide bonds. The SMILES string of the molecule is Cn1ncnc1Cc1cocn1. The molecule has 2 aromatic rings. The molecule has 0 saturated heterocycles. The summed E-state index contributed by atoms with van der Waals surface area (Å²) in [5.41, 5.74) is 0.867. The van der Waals surface area contributed by atoms with Gasteiger partial charge in [-0.15, -0.1) is 0 Å². The van der Waals surface area contributed by atoms with Crippen molar-refractivity contribution in [2.45, 2.75) is 6.42 Å². The van der Waals surface area contributed by atoms with E-state index in [1.807, 2.05) is 7.05 Å². The van der Waals surface area contributed by atoms with E-state index in [1.165, 1.54) is 12.7 Å². The van der Waals surface area contributed by atoms with Crippen LogP contribution in [0.1, 0.15) is 11.5 Å². The summed E-state index contributed by atoms with van der Waals surface area (Å²) in [6.07, 6.45) is 5.20. The molecule has 0 aromatic carbocycles. The van der Waals surface area contributed by atoms with E-state index in [4.69, 9.17) is 4.42 Å². The summed E-state index contributed by atoms with van der Waals surface area (Å²) in [5.74, 6) is 0.879. The standard InChI is InChI=1S/C7H8N4O/c1-11-7(8-4-10-11)2-6-3-12-5-9-6/h3-5H,2H2,1H3. The molecule has 5 heteroatoms. The van der Waals surface area contributed by atoms with Gasteiger partial charge in [-0.25, -0.2) is 9.97 Å². The smallest absolute Gasteiger partial charge is 0.180 e. The van der Waals surface area contributed by atoms with E-state index in [9.17, 15) is 0 Å². The van der Waals surface area contributed by atoms with Crippen LogP contribution in [0.25, 0.3) is 0 Å². The Balaban J connectivity index is 2.20. The second kappa shape index (κ2) is 2.77. The summed E-state index contributed by atoms with van der Waals surface area (Å²) < 4.78 is 6.55. The van der Waals surface area contributed by atoms with Gasteiger partial charge in [-0.3, -0.25) is 4.68 Å². The Hall–Kier alpha value is -1.65. The molecule has 12 heavy (non-hydrogen) atoms. The van der Waals surface area contributed by atoms with Gasteiger partial charge in [0.05, 0.1) is 12.1 Å². The largest absolute Gasteiger partial charge is 0.451 e. The molecule has 0 N–H and O–H groups in total. The van der Waals surface area contributed by atoms with Gasteiger partial charge in [0.1, 0.15) is 18.4 Å². The quantitative estimate of drug-likeness (QED) is 0.644. The third-order valence-electron chi connectivity index (χ3n) is 1.63. The highest BCUT2D eigenvalue weighted by atomic mass is 16.3. The van der Waals surface area contributed by atoms with E-state index in [1.54, 1.807) is 10.9 Å². The van der Waals surface area contributed by atoms with Gasteiger partial charge >= 0.3 is 0 Å². The second-order valence-electron chi connectivity index (χ2n) is 2.46. The molecule has 0 saturated carbocycles. The monoisotopic (exact) mass is 164 g/mol. The van der Waals surface area contributed by atoms with E-state index in [2.05, 4.69) is 15.1 Å². The van der Waals surface area contributed by atoms with Crippen LogP contribution < -0.4 is 0 Å². The summed E-state index contributed by atoms with van der Waals surface area (Å²) in [7, 11) is 1.85. The molecule has 0 aliphatic heterocycles. The Morgan fingerprint density at radius 3 is 3.00 bits per heavy atom. The van der Waals surface area contributed by atoms with Crippen LogP contribution in [0.15, 0.2) is 23.4 Å². The van der Waals surface area contributed by atoms with E-state index < -0.39 is 0 Å². The number of rotatable bonds is 2. The zero-order chi connectivity index (χ0) is 8.39. The van der Waals surface area contributed by atoms with Crippen molar-refractivity contribution in [1.82, 2.24) is 19.7 Å². The maximum atomic E-state index is 4.83. The lowest BCUT2D eigenvalue weighted by molar-refractivity contribution is 0.556. The molecule has 0 radical (unpaired) electrons. The van der Waals surface area contributed by atoms with Crippen molar-refractivity contribution in [3.05, 3.63) is 30.5 Å². The lowest BCUT2D eigenvalue weighted by atomic mass is 10.3. The number of aryl methyl sites for hydroxylation is 1. The van der Waals surface area contributed by atoms with Gasteiger partial charge < -0.3 is 4.42 Å². The van der Waals surface area contributed by atoms with Crippen molar-refractivity contribution in [2.24, 2.45) is 7.05 Å². The van der Waals surface area contributed by atoms with Crippen LogP contribution in [-0.4, -0.2) is 19.7 Å². The molecule has 2 aromatic heterocycles. The molecule has 2 rings (SSSR count). The van der Waals surface area contributed by atoms with Gasteiger partial charge in [-0.05, 0) is 0 Å². The van der Waals surface area contributed by atoms with Crippen LogP contribution in [0.5, 0.6) is 0 Å². The number of oxazole rings is 1. The Labute approximate surface area is 69.1 Å². The Kier molecular flexibility index (Phi) is 1.62. The first kappa shape index (κ1) is 7.02. The minimum Gasteiger partial charge on any atom is -0.451 e. The van der Waals surface area contributed by atoms with Crippen molar-refractivity contribution in [2.75, 3.05) is 0 Å². The molecular formula is C7H8N4O. The minimum absolute atomic E-state index is 0.660. The van der Waals surface area contributed by atoms with Crippen molar-refractivity contribution >= 4 is 0 Å². The van der Waals surface area contributed by atoms with Crippen LogP contribution in [0.2, 0.25) is 0 Å². The van der Waals surface area contributed by atoms with Gasteiger partial charge in [0.15, 0.2) is 6.39 Å². The van der Waals surface area contributed by atoms with Gasteiger partial charge in [-0.2, -0.15) is 5.10 Å². The van der Waals surface area contributed by atoms with E-state index in [-0.39, 0.29) is 0 Å². The number of hydrogen-bond acceptors (Lipinski definition) is 4. The molecule has 2 heterocycles. The van der Waals surface area contributed by atoms with Crippen molar-refractivity contribution < 1.29 is 4.42 Å². The maximum absolute atomic E-state index is 4.83. The second-order valence-corrected chi connectivity index (χ2v) is 2.46. The third kappa shape index (κ3) is 1.20. The van der Waals surface area contributed by atoms with Crippen molar-refractivity contribution in [1.29, 1.82) is 0 Å². The predicted octanol–water partition coefficient (Wildman–Crippen LogP) is 0.394. The first-order chi connectivity index (χ1) is 5.86. The Morgan fingerprint density at radius 1 is 1.50 bits per heavy atom. The summed E-state index contributed by atoms with van der Waals surface area (Å²) in [5, 5.41) is 3.94. The first-order valence-electron chi connectivity index (χ1n) is 3.56. The molecule has 0 spiro atoms. The molecule has 62 valence electrons. The summed E-state index contributed by atoms with van der Waals surface area (Å²) in [6.45, 7) is 0. The lowest BCUT2D eigenvalue weighted by Gasteiger charge is -1.94. The van der Waals surface area contributed by atoms with Crippen LogP contribution in [0.3, 0.4) is 0 Å². The number of aromatic nitrogens is 4. The Bertz CT molecular complexity index is 351. The normalized spacial score (nSPS) is 10.4. The molecule has 0 aliphatic carbocycles. The van der Waals surface area contributed by atoms with Crippen LogP contribution >= 0.6 is 0 Å². The first-order valence-corrected chi connectivity index (χ1v) is 3.56. The molecular weight excluding hydrogens is 156 g/mol. The van der Waals surface area contributed by atoms with Crippen LogP contribution in [0.4, 0.5) is 0 Å². The highest BCUT2D eigenvalue weighted by molar-refractivity contribution is 5.02. The summed E-state index contributed by atoms with van der Waals surface area (Å²) in [4.78, 5) is 8.05.